The fraction of sp³-hybridized carbons (Fsp3) is 0. The van der Waals surface area contributed by atoms with Gasteiger partial charge in [-0.2, -0.15) is 0 Å². The normalized spacial score (nSPS) is 10.7. The number of thiazole rings is 1. The van der Waals surface area contributed by atoms with E-state index in [-0.39, 0.29) is 4.88 Å². The zero-order valence-electron chi connectivity index (χ0n) is 9.07. The predicted molar refractivity (Wildman–Crippen MR) is 67.6 cm³/mol. The summed E-state index contributed by atoms with van der Waals surface area (Å²) >= 11 is 1.14. The number of carbonyl (C=O) groups is 1. The van der Waals surface area contributed by atoms with Crippen LogP contribution >= 0.6 is 11.3 Å². The van der Waals surface area contributed by atoms with E-state index in [4.69, 9.17) is 5.11 Å². The second kappa shape index (κ2) is 4.15. The van der Waals surface area contributed by atoms with E-state index in [0.717, 1.165) is 27.9 Å². The summed E-state index contributed by atoms with van der Waals surface area (Å²) in [7, 11) is 0. The Balaban J connectivity index is 2.10. The van der Waals surface area contributed by atoms with E-state index in [1.54, 1.807) is 12.4 Å². The molecule has 0 amide bonds. The molecule has 1 N–H and O–H groups in total. The Morgan fingerprint density at radius 2 is 1.89 bits per heavy atom. The van der Waals surface area contributed by atoms with Crippen LogP contribution in [0.2, 0.25) is 0 Å². The highest BCUT2D eigenvalue weighted by Gasteiger charge is 2.10. The third-order valence-corrected chi connectivity index (χ3v) is 3.47. The fourth-order valence-corrected chi connectivity index (χ4v) is 2.35. The molecule has 88 valence electrons. The minimum atomic E-state index is -0.959. The molecule has 3 rings (SSSR count). The van der Waals surface area contributed by atoms with E-state index < -0.39 is 5.97 Å². The molecular weight excluding hydrogens is 250 g/mol. The maximum absolute atomic E-state index is 10.8. The van der Waals surface area contributed by atoms with Crippen LogP contribution in [0.5, 0.6) is 0 Å². The quantitative estimate of drug-likeness (QED) is 0.763. The van der Waals surface area contributed by atoms with Gasteiger partial charge in [-0.25, -0.2) is 9.78 Å². The molecule has 5 nitrogen and oxygen atoms in total. The van der Waals surface area contributed by atoms with Crippen molar-refractivity contribution in [3.8, 4) is 10.6 Å². The van der Waals surface area contributed by atoms with Crippen molar-refractivity contribution in [1.29, 1.82) is 0 Å². The van der Waals surface area contributed by atoms with E-state index in [2.05, 4.69) is 15.0 Å². The standard InChI is InChI=1S/C12H7N3O2S/c16-12(17)10-6-15-11(18-10)7-1-2-8-9(5-7)14-4-3-13-8/h1-6H,(H,16,17). The van der Waals surface area contributed by atoms with Crippen LogP contribution in [0.3, 0.4) is 0 Å². The zero-order chi connectivity index (χ0) is 12.5. The van der Waals surface area contributed by atoms with Gasteiger partial charge in [-0.15, -0.1) is 11.3 Å². The smallest absolute Gasteiger partial charge is 0.347 e. The Labute approximate surface area is 106 Å². The van der Waals surface area contributed by atoms with Crippen molar-refractivity contribution in [2.24, 2.45) is 0 Å². The zero-order valence-corrected chi connectivity index (χ0v) is 9.89. The molecule has 0 radical (unpaired) electrons. The van der Waals surface area contributed by atoms with Crippen molar-refractivity contribution in [3.63, 3.8) is 0 Å². The first-order valence-electron chi connectivity index (χ1n) is 5.14. The van der Waals surface area contributed by atoms with Crippen molar-refractivity contribution in [1.82, 2.24) is 15.0 Å². The Morgan fingerprint density at radius 1 is 1.11 bits per heavy atom. The number of aromatic nitrogens is 3. The fourth-order valence-electron chi connectivity index (χ4n) is 1.60. The number of aromatic carboxylic acids is 1. The number of carboxylic acids is 1. The molecule has 0 fully saturated rings. The summed E-state index contributed by atoms with van der Waals surface area (Å²) < 4.78 is 0. The summed E-state index contributed by atoms with van der Waals surface area (Å²) in [6.07, 6.45) is 4.62. The molecule has 0 atom stereocenters. The highest BCUT2D eigenvalue weighted by atomic mass is 32.1. The highest BCUT2D eigenvalue weighted by Crippen LogP contribution is 2.26. The van der Waals surface area contributed by atoms with E-state index in [1.165, 1.54) is 6.20 Å². The van der Waals surface area contributed by atoms with E-state index in [1.807, 2.05) is 18.2 Å². The van der Waals surface area contributed by atoms with Crippen LogP contribution in [-0.2, 0) is 0 Å². The predicted octanol–water partition coefficient (Wildman–Crippen LogP) is 2.45. The summed E-state index contributed by atoms with van der Waals surface area (Å²) in [6.45, 7) is 0. The second-order valence-electron chi connectivity index (χ2n) is 3.59. The molecule has 0 saturated heterocycles. The largest absolute Gasteiger partial charge is 0.477 e. The first-order chi connectivity index (χ1) is 8.74. The number of hydrogen-bond acceptors (Lipinski definition) is 5. The Morgan fingerprint density at radius 3 is 2.61 bits per heavy atom. The molecule has 1 aromatic carbocycles. The average molecular weight is 257 g/mol. The Kier molecular flexibility index (Phi) is 2.49. The Hall–Kier alpha value is -2.34. The number of fused-ring (bicyclic) bond motifs is 1. The van der Waals surface area contributed by atoms with E-state index in [9.17, 15) is 4.79 Å². The summed E-state index contributed by atoms with van der Waals surface area (Å²) in [5, 5.41) is 9.53. The number of benzene rings is 1. The molecular formula is C12H7N3O2S. The minimum Gasteiger partial charge on any atom is -0.477 e. The van der Waals surface area contributed by atoms with Gasteiger partial charge in [0.05, 0.1) is 17.2 Å². The third kappa shape index (κ3) is 1.82. The first kappa shape index (κ1) is 10.8. The van der Waals surface area contributed by atoms with Crippen molar-refractivity contribution in [3.05, 3.63) is 41.7 Å². The molecule has 0 aliphatic carbocycles. The van der Waals surface area contributed by atoms with Gasteiger partial charge in [0, 0.05) is 18.0 Å². The lowest BCUT2D eigenvalue weighted by molar-refractivity contribution is 0.0702. The molecule has 18 heavy (non-hydrogen) atoms. The van der Waals surface area contributed by atoms with Gasteiger partial charge in [-0.05, 0) is 18.2 Å². The van der Waals surface area contributed by atoms with E-state index >= 15 is 0 Å². The maximum atomic E-state index is 10.8. The van der Waals surface area contributed by atoms with Crippen LogP contribution in [0.25, 0.3) is 21.6 Å². The lowest BCUT2D eigenvalue weighted by Crippen LogP contribution is -1.89. The van der Waals surface area contributed by atoms with Gasteiger partial charge in [-0.3, -0.25) is 9.97 Å². The van der Waals surface area contributed by atoms with Crippen LogP contribution in [0.15, 0.2) is 36.8 Å². The molecule has 6 heteroatoms. The highest BCUT2D eigenvalue weighted by molar-refractivity contribution is 7.16. The van der Waals surface area contributed by atoms with Gasteiger partial charge in [-0.1, -0.05) is 0 Å². The van der Waals surface area contributed by atoms with Gasteiger partial charge in [0.15, 0.2) is 0 Å². The summed E-state index contributed by atoms with van der Waals surface area (Å²) in [4.78, 5) is 23.5. The van der Waals surface area contributed by atoms with Crippen LogP contribution in [-0.4, -0.2) is 26.0 Å². The lowest BCUT2D eigenvalue weighted by Gasteiger charge is -1.98. The summed E-state index contributed by atoms with van der Waals surface area (Å²) in [6, 6.07) is 5.56. The monoisotopic (exact) mass is 257 g/mol. The SMILES string of the molecule is O=C(O)c1cnc(-c2ccc3nccnc3c2)s1. The summed E-state index contributed by atoms with van der Waals surface area (Å²) in [5.74, 6) is -0.959. The van der Waals surface area contributed by atoms with Crippen LogP contribution in [0.1, 0.15) is 9.67 Å². The lowest BCUT2D eigenvalue weighted by atomic mass is 10.2. The second-order valence-corrected chi connectivity index (χ2v) is 4.63. The van der Waals surface area contributed by atoms with Crippen molar-refractivity contribution in [2.45, 2.75) is 0 Å². The molecule has 0 aliphatic heterocycles. The first-order valence-corrected chi connectivity index (χ1v) is 5.96. The number of rotatable bonds is 2. The van der Waals surface area contributed by atoms with Gasteiger partial charge in [0.25, 0.3) is 0 Å². The summed E-state index contributed by atoms with van der Waals surface area (Å²) in [5.41, 5.74) is 2.42. The van der Waals surface area contributed by atoms with Gasteiger partial charge in [0.2, 0.25) is 0 Å². The Bertz CT molecular complexity index is 739. The molecule has 0 spiro atoms. The number of hydrogen-bond donors (Lipinski definition) is 1. The van der Waals surface area contributed by atoms with Crippen LogP contribution < -0.4 is 0 Å². The van der Waals surface area contributed by atoms with Gasteiger partial charge in [0.1, 0.15) is 9.88 Å². The molecule has 0 bridgehead atoms. The third-order valence-electron chi connectivity index (χ3n) is 2.43. The van der Waals surface area contributed by atoms with Crippen LogP contribution in [0, 0.1) is 0 Å². The van der Waals surface area contributed by atoms with Gasteiger partial charge >= 0.3 is 5.97 Å². The van der Waals surface area contributed by atoms with Gasteiger partial charge < -0.3 is 5.11 Å². The van der Waals surface area contributed by atoms with Crippen LogP contribution in [0.4, 0.5) is 0 Å². The molecule has 2 heterocycles. The van der Waals surface area contributed by atoms with Crippen molar-refractivity contribution >= 4 is 28.3 Å². The van der Waals surface area contributed by atoms with Crippen molar-refractivity contribution < 1.29 is 9.90 Å². The van der Waals surface area contributed by atoms with E-state index in [0.29, 0.717) is 5.01 Å². The van der Waals surface area contributed by atoms with Crippen molar-refractivity contribution in [2.75, 3.05) is 0 Å². The molecule has 0 saturated carbocycles. The minimum absolute atomic E-state index is 0.226. The molecule has 3 aromatic rings. The maximum Gasteiger partial charge on any atom is 0.347 e. The topological polar surface area (TPSA) is 76.0 Å². The molecule has 2 aromatic heterocycles. The molecule has 0 unspecified atom stereocenters. The number of nitrogens with zero attached hydrogens (tertiary/aromatic N) is 3. The number of carboxylic acid groups (broad SMARTS) is 1. The average Bonchev–Trinajstić information content (AvgIpc) is 2.88. The molecule has 0 aliphatic rings.